The molecule has 5 nitrogen and oxygen atoms in total. The van der Waals surface area contributed by atoms with Gasteiger partial charge in [0, 0.05) is 22.4 Å². The molecule has 0 N–H and O–H groups in total. The number of methoxy groups -OCH3 is 2. The summed E-state index contributed by atoms with van der Waals surface area (Å²) in [6.07, 6.45) is 1.62. The Kier molecular flexibility index (Phi) is 4.47. The lowest BCUT2D eigenvalue weighted by atomic mass is 10.0. The van der Waals surface area contributed by atoms with Gasteiger partial charge in [0.2, 0.25) is 0 Å². The number of halogens is 1. The molecule has 0 aliphatic rings. The van der Waals surface area contributed by atoms with Gasteiger partial charge in [-0.2, -0.15) is 0 Å². The van der Waals surface area contributed by atoms with Crippen LogP contribution in [0.1, 0.15) is 0 Å². The van der Waals surface area contributed by atoms with Gasteiger partial charge in [0.1, 0.15) is 17.0 Å². The Morgan fingerprint density at radius 1 is 0.774 bits per heavy atom. The highest BCUT2D eigenvalue weighted by atomic mass is 19.1. The van der Waals surface area contributed by atoms with Gasteiger partial charge in [0.05, 0.1) is 26.0 Å². The first-order valence-corrected chi connectivity index (χ1v) is 9.55. The zero-order valence-electron chi connectivity index (χ0n) is 16.8. The molecule has 0 fully saturated rings. The van der Waals surface area contributed by atoms with Crippen LogP contribution >= 0.6 is 0 Å². The zero-order chi connectivity index (χ0) is 21.5. The van der Waals surface area contributed by atoms with Crippen molar-refractivity contribution in [2.24, 2.45) is 0 Å². The summed E-state index contributed by atoms with van der Waals surface area (Å²) in [5, 5.41) is 1.58. The second-order valence-corrected chi connectivity index (χ2v) is 7.06. The first kappa shape index (κ1) is 18.9. The van der Waals surface area contributed by atoms with Crippen LogP contribution < -0.4 is 15.1 Å². The minimum atomic E-state index is -0.468. The Bertz CT molecular complexity index is 1480. The smallest absolute Gasteiger partial charge is 0.344 e. The van der Waals surface area contributed by atoms with Crippen molar-refractivity contribution in [3.05, 3.63) is 83.2 Å². The van der Waals surface area contributed by atoms with Crippen LogP contribution in [0.2, 0.25) is 0 Å². The normalized spacial score (nSPS) is 11.2. The molecule has 6 heteroatoms. The van der Waals surface area contributed by atoms with Crippen molar-refractivity contribution in [3.8, 4) is 33.8 Å². The van der Waals surface area contributed by atoms with Crippen LogP contribution in [0.4, 0.5) is 4.39 Å². The maximum absolute atomic E-state index is 13.3. The molecule has 3 aromatic carbocycles. The van der Waals surface area contributed by atoms with Gasteiger partial charge in [0.15, 0.2) is 11.5 Å². The number of hydrogen-bond donors (Lipinski definition) is 0. The lowest BCUT2D eigenvalue weighted by molar-refractivity contribution is 0.355. The standard InChI is InChI=1S/C25H17FO5/c1-28-21-8-5-15(11-24(21)29-2)18-9-16-10-19-20(14-3-6-17(26)7-4-14)13-30-23(19)12-22(16)31-25(18)27/h3-13H,1-2H3. The van der Waals surface area contributed by atoms with Crippen LogP contribution in [0.15, 0.2) is 80.6 Å². The summed E-state index contributed by atoms with van der Waals surface area (Å²) in [5.41, 5.74) is 3.24. The fourth-order valence-corrected chi connectivity index (χ4v) is 3.70. The molecule has 0 aliphatic carbocycles. The quantitative estimate of drug-likeness (QED) is 0.335. The third-order valence-electron chi connectivity index (χ3n) is 5.28. The number of ether oxygens (including phenoxy) is 2. The van der Waals surface area contributed by atoms with E-state index in [9.17, 15) is 9.18 Å². The van der Waals surface area contributed by atoms with Gasteiger partial charge in [-0.1, -0.05) is 18.2 Å². The fourth-order valence-electron chi connectivity index (χ4n) is 3.70. The molecule has 0 saturated carbocycles. The molecule has 0 radical (unpaired) electrons. The number of fused-ring (bicyclic) bond motifs is 2. The van der Waals surface area contributed by atoms with E-state index in [2.05, 4.69) is 0 Å². The highest BCUT2D eigenvalue weighted by Crippen LogP contribution is 2.35. The van der Waals surface area contributed by atoms with E-state index < -0.39 is 5.63 Å². The zero-order valence-corrected chi connectivity index (χ0v) is 16.8. The topological polar surface area (TPSA) is 61.8 Å². The van der Waals surface area contributed by atoms with Crippen LogP contribution in [0.3, 0.4) is 0 Å². The highest BCUT2D eigenvalue weighted by molar-refractivity contribution is 6.02. The number of benzene rings is 3. The van der Waals surface area contributed by atoms with Crippen molar-refractivity contribution in [2.75, 3.05) is 14.2 Å². The predicted molar refractivity (Wildman–Crippen MR) is 116 cm³/mol. The van der Waals surface area contributed by atoms with Crippen LogP contribution in [-0.4, -0.2) is 14.2 Å². The van der Waals surface area contributed by atoms with Crippen molar-refractivity contribution < 1.29 is 22.7 Å². The van der Waals surface area contributed by atoms with E-state index >= 15 is 0 Å². The van der Waals surface area contributed by atoms with E-state index in [0.717, 1.165) is 21.9 Å². The van der Waals surface area contributed by atoms with E-state index in [1.807, 2.05) is 6.07 Å². The molecule has 0 bridgehead atoms. The third-order valence-corrected chi connectivity index (χ3v) is 5.28. The van der Waals surface area contributed by atoms with Crippen molar-refractivity contribution in [1.29, 1.82) is 0 Å². The first-order chi connectivity index (χ1) is 15.1. The van der Waals surface area contributed by atoms with E-state index in [1.165, 1.54) is 19.2 Å². The average molecular weight is 416 g/mol. The predicted octanol–water partition coefficient (Wildman–Crippen LogP) is 6.03. The Labute approximate surface area is 176 Å². The summed E-state index contributed by atoms with van der Waals surface area (Å²) in [6.45, 7) is 0. The molecule has 0 saturated heterocycles. The third kappa shape index (κ3) is 3.22. The molecule has 0 atom stereocenters. The van der Waals surface area contributed by atoms with E-state index in [1.54, 1.807) is 55.8 Å². The molecule has 5 aromatic rings. The van der Waals surface area contributed by atoms with Gasteiger partial charge in [-0.25, -0.2) is 9.18 Å². The lowest BCUT2D eigenvalue weighted by Gasteiger charge is -2.09. The fraction of sp³-hybridized carbons (Fsp3) is 0.0800. The summed E-state index contributed by atoms with van der Waals surface area (Å²) < 4.78 is 35.2. The summed E-state index contributed by atoms with van der Waals surface area (Å²) >= 11 is 0. The molecular weight excluding hydrogens is 399 g/mol. The molecule has 154 valence electrons. The number of rotatable bonds is 4. The van der Waals surface area contributed by atoms with Gasteiger partial charge >= 0.3 is 5.63 Å². The Hall–Kier alpha value is -4.06. The molecular formula is C25H17FO5. The SMILES string of the molecule is COc1ccc(-c2cc3cc4c(-c5ccc(F)cc5)coc4cc3oc2=O)cc1OC. The van der Waals surface area contributed by atoms with Gasteiger partial charge < -0.3 is 18.3 Å². The minimum Gasteiger partial charge on any atom is -0.493 e. The largest absolute Gasteiger partial charge is 0.493 e. The number of hydrogen-bond acceptors (Lipinski definition) is 5. The Balaban J connectivity index is 1.69. The number of furan rings is 1. The molecule has 0 aliphatic heterocycles. The monoisotopic (exact) mass is 416 g/mol. The average Bonchev–Trinajstić information content (AvgIpc) is 3.20. The van der Waals surface area contributed by atoms with Crippen molar-refractivity contribution in [1.82, 2.24) is 0 Å². The second-order valence-electron chi connectivity index (χ2n) is 7.06. The minimum absolute atomic E-state index is 0.302. The molecule has 2 aromatic heterocycles. The van der Waals surface area contributed by atoms with Gasteiger partial charge in [-0.3, -0.25) is 0 Å². The van der Waals surface area contributed by atoms with Crippen molar-refractivity contribution >= 4 is 21.9 Å². The molecule has 0 unspecified atom stereocenters. The maximum Gasteiger partial charge on any atom is 0.344 e. The molecule has 0 spiro atoms. The second kappa shape index (κ2) is 7.32. The van der Waals surface area contributed by atoms with E-state index in [4.69, 9.17) is 18.3 Å². The van der Waals surface area contributed by atoms with Gasteiger partial charge in [-0.15, -0.1) is 0 Å². The van der Waals surface area contributed by atoms with Crippen LogP contribution in [-0.2, 0) is 0 Å². The van der Waals surface area contributed by atoms with Crippen LogP contribution in [0.5, 0.6) is 11.5 Å². The van der Waals surface area contributed by atoms with Gasteiger partial charge in [0.25, 0.3) is 0 Å². The van der Waals surface area contributed by atoms with Crippen molar-refractivity contribution in [3.63, 3.8) is 0 Å². The van der Waals surface area contributed by atoms with Crippen molar-refractivity contribution in [2.45, 2.75) is 0 Å². The Morgan fingerprint density at radius 2 is 1.52 bits per heavy atom. The molecule has 31 heavy (non-hydrogen) atoms. The summed E-state index contributed by atoms with van der Waals surface area (Å²) in [4.78, 5) is 12.7. The highest BCUT2D eigenvalue weighted by Gasteiger charge is 2.15. The maximum atomic E-state index is 13.3. The first-order valence-electron chi connectivity index (χ1n) is 9.55. The van der Waals surface area contributed by atoms with E-state index in [0.29, 0.717) is 33.8 Å². The summed E-state index contributed by atoms with van der Waals surface area (Å²) in [6, 6.07) is 16.8. The molecule has 2 heterocycles. The van der Waals surface area contributed by atoms with Crippen LogP contribution in [0, 0.1) is 5.82 Å². The van der Waals surface area contributed by atoms with E-state index in [-0.39, 0.29) is 5.82 Å². The summed E-state index contributed by atoms with van der Waals surface area (Å²) in [7, 11) is 3.09. The molecule has 0 amide bonds. The Morgan fingerprint density at radius 3 is 2.26 bits per heavy atom. The van der Waals surface area contributed by atoms with Crippen LogP contribution in [0.25, 0.3) is 44.2 Å². The lowest BCUT2D eigenvalue weighted by Crippen LogP contribution is -2.03. The van der Waals surface area contributed by atoms with Gasteiger partial charge in [-0.05, 0) is 47.5 Å². The summed E-state index contributed by atoms with van der Waals surface area (Å²) in [5.74, 6) is 0.784. The molecule has 5 rings (SSSR count).